The van der Waals surface area contributed by atoms with Crippen LogP contribution in [0.3, 0.4) is 0 Å². The smallest absolute Gasteiger partial charge is 0.223 e. The van der Waals surface area contributed by atoms with Crippen LogP contribution in [0.5, 0.6) is 0 Å². The number of aryl methyl sites for hydroxylation is 1. The van der Waals surface area contributed by atoms with Gasteiger partial charge in [-0.15, -0.1) is 0 Å². The number of hydrogen-bond acceptors (Lipinski definition) is 2. The van der Waals surface area contributed by atoms with Crippen molar-refractivity contribution in [2.24, 2.45) is 5.92 Å². The molecule has 0 aliphatic heterocycles. The molecule has 1 heterocycles. The van der Waals surface area contributed by atoms with E-state index < -0.39 is 0 Å². The van der Waals surface area contributed by atoms with Gasteiger partial charge in [0.1, 0.15) is 0 Å². The van der Waals surface area contributed by atoms with Gasteiger partial charge >= 0.3 is 0 Å². The van der Waals surface area contributed by atoms with Crippen molar-refractivity contribution >= 4 is 16.8 Å². The molecule has 0 unspecified atom stereocenters. The van der Waals surface area contributed by atoms with E-state index in [1.54, 1.807) is 0 Å². The zero-order valence-electron chi connectivity index (χ0n) is 12.6. The van der Waals surface area contributed by atoms with E-state index in [9.17, 15) is 4.79 Å². The molecule has 1 saturated carbocycles. The third-order valence-corrected chi connectivity index (χ3v) is 4.36. The quantitative estimate of drug-likeness (QED) is 0.931. The number of carbonyl (C=O) groups is 1. The number of nitrogens with zero attached hydrogens (tertiary/aromatic N) is 1. The van der Waals surface area contributed by atoms with Gasteiger partial charge in [-0.05, 0) is 37.5 Å². The van der Waals surface area contributed by atoms with Crippen molar-refractivity contribution < 1.29 is 4.79 Å². The maximum atomic E-state index is 12.3. The van der Waals surface area contributed by atoms with Crippen LogP contribution in [-0.2, 0) is 11.3 Å². The largest absolute Gasteiger partial charge is 0.352 e. The Labute approximate surface area is 125 Å². The second-order valence-corrected chi connectivity index (χ2v) is 5.99. The number of fused-ring (bicyclic) bond motifs is 1. The van der Waals surface area contributed by atoms with Gasteiger partial charge in [0.05, 0.1) is 5.52 Å². The van der Waals surface area contributed by atoms with Crippen LogP contribution in [0.25, 0.3) is 10.9 Å². The summed E-state index contributed by atoms with van der Waals surface area (Å²) in [6, 6.07) is 10.2. The number of hydrogen-bond donors (Lipinski definition) is 1. The number of para-hydroxylation sites is 1. The number of rotatable bonds is 3. The topological polar surface area (TPSA) is 42.0 Å². The summed E-state index contributed by atoms with van der Waals surface area (Å²) in [5.74, 6) is 0.432. The molecule has 1 N–H and O–H groups in total. The predicted molar refractivity (Wildman–Crippen MR) is 84.9 cm³/mol. The molecule has 1 fully saturated rings. The van der Waals surface area contributed by atoms with Crippen LogP contribution < -0.4 is 5.32 Å². The first kappa shape index (κ1) is 14.1. The SMILES string of the molecule is Cc1cc(CNC(=O)C2CCCCC2)c2ccccc2n1. The van der Waals surface area contributed by atoms with E-state index >= 15 is 0 Å². The Morgan fingerprint density at radius 3 is 2.81 bits per heavy atom. The summed E-state index contributed by atoms with van der Waals surface area (Å²) in [6.07, 6.45) is 5.74. The normalized spacial score (nSPS) is 16.0. The van der Waals surface area contributed by atoms with Crippen molar-refractivity contribution in [3.8, 4) is 0 Å². The summed E-state index contributed by atoms with van der Waals surface area (Å²) in [6.45, 7) is 2.60. The monoisotopic (exact) mass is 282 g/mol. The maximum Gasteiger partial charge on any atom is 0.223 e. The first-order valence-corrected chi connectivity index (χ1v) is 7.87. The molecule has 0 saturated heterocycles. The molecule has 3 nitrogen and oxygen atoms in total. The Balaban J connectivity index is 1.74. The number of benzene rings is 1. The van der Waals surface area contributed by atoms with Gasteiger partial charge in [-0.25, -0.2) is 0 Å². The summed E-state index contributed by atoms with van der Waals surface area (Å²) >= 11 is 0. The lowest BCUT2D eigenvalue weighted by Gasteiger charge is -2.21. The molecule has 3 heteroatoms. The van der Waals surface area contributed by atoms with Crippen LogP contribution in [0.15, 0.2) is 30.3 Å². The van der Waals surface area contributed by atoms with E-state index in [2.05, 4.69) is 22.4 Å². The van der Waals surface area contributed by atoms with Crippen LogP contribution in [0.1, 0.15) is 43.4 Å². The van der Waals surface area contributed by atoms with Crippen LogP contribution in [-0.4, -0.2) is 10.9 Å². The average Bonchev–Trinajstić information content (AvgIpc) is 2.53. The maximum absolute atomic E-state index is 12.3. The standard InChI is InChI=1S/C18H22N2O/c1-13-11-15(16-9-5-6-10-17(16)20-13)12-19-18(21)14-7-3-2-4-8-14/h5-6,9-11,14H,2-4,7-8,12H2,1H3,(H,19,21). The van der Waals surface area contributed by atoms with Crippen LogP contribution in [0.4, 0.5) is 0 Å². The van der Waals surface area contributed by atoms with E-state index in [4.69, 9.17) is 0 Å². The number of aromatic nitrogens is 1. The number of pyridine rings is 1. The van der Waals surface area contributed by atoms with E-state index in [1.165, 1.54) is 19.3 Å². The molecule has 21 heavy (non-hydrogen) atoms. The minimum absolute atomic E-state index is 0.216. The molecule has 0 radical (unpaired) electrons. The molecule has 0 spiro atoms. The van der Waals surface area contributed by atoms with E-state index in [0.717, 1.165) is 35.0 Å². The highest BCUT2D eigenvalue weighted by molar-refractivity contribution is 5.83. The van der Waals surface area contributed by atoms with Gasteiger partial charge in [-0.3, -0.25) is 9.78 Å². The molecule has 1 aliphatic carbocycles. The van der Waals surface area contributed by atoms with Gasteiger partial charge in [-0.1, -0.05) is 37.5 Å². The van der Waals surface area contributed by atoms with Crippen molar-refractivity contribution in [1.29, 1.82) is 0 Å². The van der Waals surface area contributed by atoms with Gasteiger partial charge in [0.2, 0.25) is 5.91 Å². The summed E-state index contributed by atoms with van der Waals surface area (Å²) in [7, 11) is 0. The Morgan fingerprint density at radius 2 is 2.00 bits per heavy atom. The summed E-state index contributed by atoms with van der Waals surface area (Å²) in [4.78, 5) is 16.8. The van der Waals surface area contributed by atoms with Gasteiger partial charge in [0, 0.05) is 23.5 Å². The molecule has 1 aromatic carbocycles. The summed E-state index contributed by atoms with van der Waals surface area (Å²) in [5, 5.41) is 4.25. The highest BCUT2D eigenvalue weighted by Gasteiger charge is 2.20. The molecule has 0 bridgehead atoms. The molecule has 1 aliphatic rings. The van der Waals surface area contributed by atoms with Crippen molar-refractivity contribution in [2.45, 2.75) is 45.6 Å². The Hall–Kier alpha value is -1.90. The molecule has 1 amide bonds. The zero-order chi connectivity index (χ0) is 14.7. The van der Waals surface area contributed by atoms with Crippen LogP contribution >= 0.6 is 0 Å². The van der Waals surface area contributed by atoms with Crippen molar-refractivity contribution in [3.63, 3.8) is 0 Å². The molecule has 0 atom stereocenters. The molecule has 3 rings (SSSR count). The van der Waals surface area contributed by atoms with Crippen LogP contribution in [0.2, 0.25) is 0 Å². The fraction of sp³-hybridized carbons (Fsp3) is 0.444. The minimum Gasteiger partial charge on any atom is -0.352 e. The highest BCUT2D eigenvalue weighted by Crippen LogP contribution is 2.24. The summed E-state index contributed by atoms with van der Waals surface area (Å²) < 4.78 is 0. The highest BCUT2D eigenvalue weighted by atomic mass is 16.1. The van der Waals surface area contributed by atoms with Gasteiger partial charge < -0.3 is 5.32 Å². The van der Waals surface area contributed by atoms with Gasteiger partial charge in [0.15, 0.2) is 0 Å². The second-order valence-electron chi connectivity index (χ2n) is 5.99. The number of amides is 1. The predicted octanol–water partition coefficient (Wildman–Crippen LogP) is 3.74. The van der Waals surface area contributed by atoms with Gasteiger partial charge in [-0.2, -0.15) is 0 Å². The Kier molecular flexibility index (Phi) is 4.18. The van der Waals surface area contributed by atoms with Crippen molar-refractivity contribution in [2.75, 3.05) is 0 Å². The Morgan fingerprint density at radius 1 is 1.24 bits per heavy atom. The fourth-order valence-corrected chi connectivity index (χ4v) is 3.23. The molecule has 110 valence electrons. The third kappa shape index (κ3) is 3.23. The van der Waals surface area contributed by atoms with E-state index in [0.29, 0.717) is 6.54 Å². The average molecular weight is 282 g/mol. The molecule has 1 aromatic heterocycles. The van der Waals surface area contributed by atoms with Crippen LogP contribution in [0, 0.1) is 12.8 Å². The molecule has 2 aromatic rings. The number of nitrogens with one attached hydrogen (secondary N) is 1. The van der Waals surface area contributed by atoms with Crippen molar-refractivity contribution in [3.05, 3.63) is 41.6 Å². The molecular formula is C18H22N2O. The number of carbonyl (C=O) groups excluding carboxylic acids is 1. The lowest BCUT2D eigenvalue weighted by Crippen LogP contribution is -2.31. The third-order valence-electron chi connectivity index (χ3n) is 4.36. The fourth-order valence-electron chi connectivity index (χ4n) is 3.23. The second kappa shape index (κ2) is 6.25. The lowest BCUT2D eigenvalue weighted by molar-refractivity contribution is -0.126. The lowest BCUT2D eigenvalue weighted by atomic mass is 9.88. The summed E-state index contributed by atoms with van der Waals surface area (Å²) in [5.41, 5.74) is 3.15. The Bertz CT molecular complexity index is 645. The van der Waals surface area contributed by atoms with E-state index in [-0.39, 0.29) is 11.8 Å². The first-order valence-electron chi connectivity index (χ1n) is 7.87. The van der Waals surface area contributed by atoms with E-state index in [1.807, 2.05) is 25.1 Å². The van der Waals surface area contributed by atoms with Crippen molar-refractivity contribution in [1.82, 2.24) is 10.3 Å². The van der Waals surface area contributed by atoms with Gasteiger partial charge in [0.25, 0.3) is 0 Å². The minimum atomic E-state index is 0.216. The molecular weight excluding hydrogens is 260 g/mol. The zero-order valence-corrected chi connectivity index (χ0v) is 12.6. The first-order chi connectivity index (χ1) is 10.2.